The van der Waals surface area contributed by atoms with E-state index in [9.17, 15) is 4.79 Å². The quantitative estimate of drug-likeness (QED) is 0.807. The average Bonchev–Trinajstić information content (AvgIpc) is 2.45. The van der Waals surface area contributed by atoms with Gasteiger partial charge in [0.05, 0.1) is 0 Å². The highest BCUT2D eigenvalue weighted by Crippen LogP contribution is 2.28. The topological polar surface area (TPSA) is 50.4 Å². The van der Waals surface area contributed by atoms with Crippen molar-refractivity contribution in [2.45, 2.75) is 109 Å². The molecular weight excluding hydrogens is 288 g/mol. The summed E-state index contributed by atoms with van der Waals surface area (Å²) in [5.41, 5.74) is -0.423. The Labute approximate surface area is 142 Å². The van der Waals surface area contributed by atoms with E-state index in [1.165, 1.54) is 44.9 Å². The minimum atomic E-state index is -0.423. The van der Waals surface area contributed by atoms with Crippen molar-refractivity contribution in [1.29, 1.82) is 0 Å². The third kappa shape index (κ3) is 6.70. The summed E-state index contributed by atoms with van der Waals surface area (Å²) < 4.78 is 5.38. The molecule has 1 amide bonds. The second-order valence-electron chi connectivity index (χ2n) is 8.51. The molecule has 0 aromatic heterocycles. The molecule has 4 unspecified atom stereocenters. The summed E-state index contributed by atoms with van der Waals surface area (Å²) in [4.78, 5) is 12.0. The number of ether oxygens (including phenoxy) is 1. The molecule has 2 saturated carbocycles. The molecule has 0 saturated heterocycles. The Bertz CT molecular complexity index is 378. The second-order valence-corrected chi connectivity index (χ2v) is 8.51. The van der Waals surface area contributed by atoms with Crippen LogP contribution in [0.4, 0.5) is 4.79 Å². The van der Waals surface area contributed by atoms with Gasteiger partial charge in [-0.2, -0.15) is 0 Å². The molecule has 0 aromatic carbocycles. The molecule has 4 atom stereocenters. The van der Waals surface area contributed by atoms with Gasteiger partial charge in [-0.25, -0.2) is 4.79 Å². The largest absolute Gasteiger partial charge is 0.444 e. The van der Waals surface area contributed by atoms with Crippen molar-refractivity contribution >= 4 is 6.09 Å². The van der Waals surface area contributed by atoms with Crippen LogP contribution in [0.2, 0.25) is 0 Å². The van der Waals surface area contributed by atoms with Crippen LogP contribution in [0.5, 0.6) is 0 Å². The molecule has 4 nitrogen and oxygen atoms in total. The van der Waals surface area contributed by atoms with Gasteiger partial charge in [0.1, 0.15) is 5.60 Å². The van der Waals surface area contributed by atoms with Crippen LogP contribution in [0.15, 0.2) is 0 Å². The van der Waals surface area contributed by atoms with Gasteiger partial charge in [-0.15, -0.1) is 0 Å². The van der Waals surface area contributed by atoms with Crippen LogP contribution in [0.3, 0.4) is 0 Å². The van der Waals surface area contributed by atoms with E-state index in [1.807, 2.05) is 20.8 Å². The fraction of sp³-hybridized carbons (Fsp3) is 0.947. The van der Waals surface area contributed by atoms with Crippen LogP contribution in [0.1, 0.15) is 85.5 Å². The highest BCUT2D eigenvalue weighted by atomic mass is 16.6. The fourth-order valence-electron chi connectivity index (χ4n) is 4.09. The summed E-state index contributed by atoms with van der Waals surface area (Å²) in [5, 5.41) is 6.94. The number of hydrogen-bond donors (Lipinski definition) is 2. The Balaban J connectivity index is 1.75. The lowest BCUT2D eigenvalue weighted by Gasteiger charge is -2.36. The van der Waals surface area contributed by atoms with Crippen LogP contribution in [0.25, 0.3) is 0 Å². The van der Waals surface area contributed by atoms with Gasteiger partial charge >= 0.3 is 6.09 Å². The molecule has 23 heavy (non-hydrogen) atoms. The molecule has 2 rings (SSSR count). The first-order valence-corrected chi connectivity index (χ1v) is 9.61. The van der Waals surface area contributed by atoms with Crippen molar-refractivity contribution in [3.05, 3.63) is 0 Å². The number of rotatable bonds is 4. The van der Waals surface area contributed by atoms with Gasteiger partial charge in [-0.3, -0.25) is 0 Å². The molecule has 0 spiro atoms. The van der Waals surface area contributed by atoms with Crippen molar-refractivity contribution < 1.29 is 9.53 Å². The van der Waals surface area contributed by atoms with Gasteiger partial charge < -0.3 is 15.4 Å². The number of carbonyl (C=O) groups is 1. The monoisotopic (exact) mass is 324 g/mol. The van der Waals surface area contributed by atoms with Crippen molar-refractivity contribution in [3.63, 3.8) is 0 Å². The van der Waals surface area contributed by atoms with Crippen LogP contribution in [-0.4, -0.2) is 29.8 Å². The SMILES string of the molecule is CCC1CCCC(NC2CCCC(NC(=O)OC(C)(C)C)C2)C1. The van der Waals surface area contributed by atoms with E-state index in [2.05, 4.69) is 17.6 Å². The van der Waals surface area contributed by atoms with E-state index < -0.39 is 5.60 Å². The molecule has 2 aliphatic rings. The third-order valence-corrected chi connectivity index (χ3v) is 5.23. The molecule has 0 aromatic rings. The first kappa shape index (κ1) is 18.6. The van der Waals surface area contributed by atoms with Crippen LogP contribution < -0.4 is 10.6 Å². The van der Waals surface area contributed by atoms with Gasteiger partial charge in [0.2, 0.25) is 0 Å². The number of amides is 1. The first-order valence-electron chi connectivity index (χ1n) is 9.61. The maximum atomic E-state index is 12.0. The zero-order chi connectivity index (χ0) is 16.9. The standard InChI is InChI=1S/C19H36N2O2/c1-5-14-8-6-9-15(12-14)20-16-10-7-11-17(13-16)21-18(22)23-19(2,3)4/h14-17,20H,5-13H2,1-4H3,(H,21,22). The Hall–Kier alpha value is -0.770. The molecule has 0 heterocycles. The molecule has 4 heteroatoms. The van der Waals surface area contributed by atoms with Crippen LogP contribution >= 0.6 is 0 Å². The summed E-state index contributed by atoms with van der Waals surface area (Å²) in [6.07, 6.45) is 11.0. The van der Waals surface area contributed by atoms with Gasteiger partial charge in [0.15, 0.2) is 0 Å². The van der Waals surface area contributed by atoms with Crippen molar-refractivity contribution in [2.24, 2.45) is 5.92 Å². The lowest BCUT2D eigenvalue weighted by molar-refractivity contribution is 0.0487. The Morgan fingerprint density at radius 3 is 2.26 bits per heavy atom. The highest BCUT2D eigenvalue weighted by Gasteiger charge is 2.28. The van der Waals surface area contributed by atoms with Crippen molar-refractivity contribution in [3.8, 4) is 0 Å². The van der Waals surface area contributed by atoms with Crippen molar-refractivity contribution in [2.75, 3.05) is 0 Å². The number of nitrogens with one attached hydrogen (secondary N) is 2. The zero-order valence-corrected chi connectivity index (χ0v) is 15.5. The summed E-state index contributed by atoms with van der Waals surface area (Å²) in [6.45, 7) is 8.04. The molecule has 2 aliphatic carbocycles. The Morgan fingerprint density at radius 1 is 1.00 bits per heavy atom. The maximum absolute atomic E-state index is 12.0. The van der Waals surface area contributed by atoms with Crippen molar-refractivity contribution in [1.82, 2.24) is 10.6 Å². The predicted octanol–water partition coefficient (Wildman–Crippen LogP) is 4.38. The summed E-state index contributed by atoms with van der Waals surface area (Å²) >= 11 is 0. The third-order valence-electron chi connectivity index (χ3n) is 5.23. The first-order chi connectivity index (χ1) is 10.9. The number of alkyl carbamates (subject to hydrolysis) is 1. The molecule has 2 N–H and O–H groups in total. The molecule has 0 aliphatic heterocycles. The van der Waals surface area contributed by atoms with E-state index in [0.717, 1.165) is 18.8 Å². The minimum Gasteiger partial charge on any atom is -0.444 e. The maximum Gasteiger partial charge on any atom is 0.407 e. The van der Waals surface area contributed by atoms with Crippen LogP contribution in [-0.2, 0) is 4.74 Å². The predicted molar refractivity (Wildman–Crippen MR) is 94.6 cm³/mol. The smallest absolute Gasteiger partial charge is 0.407 e. The number of hydrogen-bond acceptors (Lipinski definition) is 3. The summed E-state index contributed by atoms with van der Waals surface area (Å²) in [6, 6.07) is 1.48. The lowest BCUT2D eigenvalue weighted by atomic mass is 9.83. The van der Waals surface area contributed by atoms with Gasteiger partial charge in [-0.05, 0) is 65.2 Å². The second kappa shape index (κ2) is 8.36. The summed E-state index contributed by atoms with van der Waals surface area (Å²) in [7, 11) is 0. The Morgan fingerprint density at radius 2 is 1.61 bits per heavy atom. The van der Waals surface area contributed by atoms with Gasteiger partial charge in [-0.1, -0.05) is 26.2 Å². The zero-order valence-electron chi connectivity index (χ0n) is 15.5. The number of carbonyl (C=O) groups excluding carboxylic acids is 1. The molecule has 0 bridgehead atoms. The minimum absolute atomic E-state index is 0.252. The lowest BCUT2D eigenvalue weighted by Crippen LogP contribution is -2.48. The highest BCUT2D eigenvalue weighted by molar-refractivity contribution is 5.68. The van der Waals surface area contributed by atoms with Gasteiger partial charge in [0.25, 0.3) is 0 Å². The normalized spacial score (nSPS) is 32.3. The van der Waals surface area contributed by atoms with E-state index >= 15 is 0 Å². The fourth-order valence-corrected chi connectivity index (χ4v) is 4.09. The molecular formula is C19H36N2O2. The molecule has 134 valence electrons. The van der Waals surface area contributed by atoms with E-state index in [-0.39, 0.29) is 12.1 Å². The summed E-state index contributed by atoms with van der Waals surface area (Å²) in [5.74, 6) is 0.903. The molecule has 2 fully saturated rings. The average molecular weight is 325 g/mol. The van der Waals surface area contributed by atoms with Gasteiger partial charge in [0, 0.05) is 18.1 Å². The molecule has 0 radical (unpaired) electrons. The Kier molecular flexibility index (Phi) is 6.75. The van der Waals surface area contributed by atoms with E-state index in [0.29, 0.717) is 12.1 Å². The van der Waals surface area contributed by atoms with Crippen LogP contribution in [0, 0.1) is 5.92 Å². The van der Waals surface area contributed by atoms with E-state index in [4.69, 9.17) is 4.74 Å². The van der Waals surface area contributed by atoms with E-state index in [1.54, 1.807) is 0 Å².